The minimum Gasteiger partial charge on any atom is -0.447 e. The van der Waals surface area contributed by atoms with Crippen molar-refractivity contribution in [3.63, 3.8) is 0 Å². The summed E-state index contributed by atoms with van der Waals surface area (Å²) in [6, 6.07) is 14.0. The van der Waals surface area contributed by atoms with E-state index in [0.29, 0.717) is 19.0 Å². The van der Waals surface area contributed by atoms with Crippen molar-refractivity contribution in [1.82, 2.24) is 14.8 Å². The number of aromatic nitrogens is 3. The number of hydrogen-bond acceptors (Lipinski definition) is 5. The van der Waals surface area contributed by atoms with Crippen LogP contribution in [0.2, 0.25) is 0 Å². The molecule has 0 unspecified atom stereocenters. The number of ether oxygens (including phenoxy) is 1. The van der Waals surface area contributed by atoms with E-state index in [-0.39, 0.29) is 6.09 Å². The van der Waals surface area contributed by atoms with Gasteiger partial charge in [0.1, 0.15) is 12.4 Å². The molecule has 2 aromatic carbocycles. The van der Waals surface area contributed by atoms with Gasteiger partial charge < -0.3 is 10.5 Å². The molecule has 7 heteroatoms. The Bertz CT molecular complexity index is 1230. The lowest BCUT2D eigenvalue weighted by atomic mass is 9.98. The lowest BCUT2D eigenvalue weighted by Crippen LogP contribution is -2.23. The molecule has 2 aromatic heterocycles. The highest BCUT2D eigenvalue weighted by Gasteiger charge is 2.24. The van der Waals surface area contributed by atoms with Gasteiger partial charge in [0.25, 0.3) is 0 Å². The first-order valence-electron chi connectivity index (χ1n) is 9.32. The van der Waals surface area contributed by atoms with Crippen LogP contribution in [0.5, 0.6) is 0 Å². The van der Waals surface area contributed by atoms with Crippen molar-refractivity contribution in [2.24, 2.45) is 7.05 Å². The number of amides is 1. The minimum absolute atomic E-state index is 0.325. The van der Waals surface area contributed by atoms with Gasteiger partial charge in [0.15, 0.2) is 0 Å². The number of aryl methyl sites for hydroxylation is 1. The number of anilines is 2. The van der Waals surface area contributed by atoms with Crippen molar-refractivity contribution >= 4 is 28.4 Å². The van der Waals surface area contributed by atoms with Gasteiger partial charge in [-0.3, -0.25) is 9.58 Å². The molecule has 0 bridgehead atoms. The standard InChI is InChI=1S/C22H19N5O2/c1-26-13-16(11-25-26)14-2-4-15(5-3-14)20-12-24-21(23)18-7-6-17(10-19(18)20)27-8-9-29-22(27)28/h2-7,10-13H,8-9H2,1H3,(H2,23,24). The van der Waals surface area contributed by atoms with Crippen LogP contribution < -0.4 is 10.6 Å². The number of rotatable bonds is 3. The minimum atomic E-state index is -0.325. The third-order valence-electron chi connectivity index (χ3n) is 5.21. The van der Waals surface area contributed by atoms with E-state index in [1.807, 2.05) is 37.6 Å². The number of fused-ring (bicyclic) bond motifs is 1. The third-order valence-corrected chi connectivity index (χ3v) is 5.21. The maximum Gasteiger partial charge on any atom is 0.414 e. The van der Waals surface area contributed by atoms with E-state index in [2.05, 4.69) is 34.3 Å². The quantitative estimate of drug-likeness (QED) is 0.579. The van der Waals surface area contributed by atoms with Crippen LogP contribution in [0, 0.1) is 0 Å². The Morgan fingerprint density at radius 3 is 2.48 bits per heavy atom. The van der Waals surface area contributed by atoms with Gasteiger partial charge in [-0.15, -0.1) is 0 Å². The Morgan fingerprint density at radius 2 is 1.79 bits per heavy atom. The zero-order valence-electron chi connectivity index (χ0n) is 15.9. The molecule has 1 fully saturated rings. The molecule has 1 amide bonds. The molecular weight excluding hydrogens is 366 g/mol. The van der Waals surface area contributed by atoms with Gasteiger partial charge in [0.2, 0.25) is 0 Å². The first kappa shape index (κ1) is 17.2. The Labute approximate surface area is 167 Å². The van der Waals surface area contributed by atoms with Gasteiger partial charge in [-0.25, -0.2) is 9.78 Å². The molecule has 2 N–H and O–H groups in total. The average Bonchev–Trinajstić information content (AvgIpc) is 3.36. The summed E-state index contributed by atoms with van der Waals surface area (Å²) < 4.78 is 6.85. The van der Waals surface area contributed by atoms with Gasteiger partial charge in [-0.05, 0) is 34.7 Å². The summed E-state index contributed by atoms with van der Waals surface area (Å²) in [5.41, 5.74) is 11.0. The van der Waals surface area contributed by atoms with E-state index in [1.54, 1.807) is 15.8 Å². The number of nitrogen functional groups attached to an aromatic ring is 1. The van der Waals surface area contributed by atoms with Crippen LogP contribution >= 0.6 is 0 Å². The van der Waals surface area contributed by atoms with Crippen LogP contribution in [0.25, 0.3) is 33.0 Å². The van der Waals surface area contributed by atoms with Crippen LogP contribution in [0.3, 0.4) is 0 Å². The number of cyclic esters (lactones) is 1. The molecule has 0 atom stereocenters. The molecule has 1 aliphatic heterocycles. The highest BCUT2D eigenvalue weighted by atomic mass is 16.6. The number of pyridine rings is 1. The van der Waals surface area contributed by atoms with Crippen molar-refractivity contribution in [3.8, 4) is 22.3 Å². The summed E-state index contributed by atoms with van der Waals surface area (Å²) in [6.07, 6.45) is 5.28. The van der Waals surface area contributed by atoms with Crippen LogP contribution in [-0.2, 0) is 11.8 Å². The normalized spacial score (nSPS) is 13.8. The second-order valence-electron chi connectivity index (χ2n) is 7.03. The van der Waals surface area contributed by atoms with Crippen molar-refractivity contribution in [3.05, 3.63) is 61.1 Å². The zero-order valence-corrected chi connectivity index (χ0v) is 15.9. The van der Waals surface area contributed by atoms with Crippen LogP contribution in [0.1, 0.15) is 0 Å². The third kappa shape index (κ3) is 2.97. The molecular formula is C22H19N5O2. The number of hydrogen-bond donors (Lipinski definition) is 1. The summed E-state index contributed by atoms with van der Waals surface area (Å²) in [4.78, 5) is 18.0. The van der Waals surface area contributed by atoms with Crippen LogP contribution in [-0.4, -0.2) is 34.0 Å². The maximum atomic E-state index is 12.0. The van der Waals surface area contributed by atoms with E-state index in [1.165, 1.54) is 0 Å². The largest absolute Gasteiger partial charge is 0.447 e. The molecule has 7 nitrogen and oxygen atoms in total. The van der Waals surface area contributed by atoms with E-state index in [4.69, 9.17) is 10.5 Å². The molecule has 0 radical (unpaired) electrons. The Morgan fingerprint density at radius 1 is 1.00 bits per heavy atom. The molecule has 4 aromatic rings. The number of nitrogens with zero attached hydrogens (tertiary/aromatic N) is 4. The van der Waals surface area contributed by atoms with E-state index < -0.39 is 0 Å². The van der Waals surface area contributed by atoms with Crippen molar-refractivity contribution in [2.75, 3.05) is 23.8 Å². The van der Waals surface area contributed by atoms with Gasteiger partial charge in [-0.1, -0.05) is 24.3 Å². The summed E-state index contributed by atoms with van der Waals surface area (Å²) in [7, 11) is 1.90. The molecule has 0 aliphatic carbocycles. The van der Waals surface area contributed by atoms with E-state index >= 15 is 0 Å². The Hall–Kier alpha value is -3.87. The van der Waals surface area contributed by atoms with Crippen molar-refractivity contribution < 1.29 is 9.53 Å². The summed E-state index contributed by atoms with van der Waals surface area (Å²) in [5, 5.41) is 6.03. The first-order chi connectivity index (χ1) is 14.1. The Balaban J connectivity index is 1.60. The zero-order chi connectivity index (χ0) is 20.0. The highest BCUT2D eigenvalue weighted by Crippen LogP contribution is 2.35. The second-order valence-corrected chi connectivity index (χ2v) is 7.03. The lowest BCUT2D eigenvalue weighted by molar-refractivity contribution is 0.181. The van der Waals surface area contributed by atoms with E-state index in [9.17, 15) is 4.79 Å². The molecule has 144 valence electrons. The number of benzene rings is 2. The topological polar surface area (TPSA) is 86.3 Å². The van der Waals surface area contributed by atoms with Gasteiger partial charge in [0.05, 0.1) is 12.7 Å². The predicted octanol–water partition coefficient (Wildman–Crippen LogP) is 3.84. The lowest BCUT2D eigenvalue weighted by Gasteiger charge is -2.15. The maximum absolute atomic E-state index is 12.0. The van der Waals surface area contributed by atoms with Crippen LogP contribution in [0.15, 0.2) is 61.1 Å². The number of nitrogens with two attached hydrogens (primary N) is 1. The Kier molecular flexibility index (Phi) is 3.94. The van der Waals surface area contributed by atoms with Gasteiger partial charge in [-0.2, -0.15) is 5.10 Å². The van der Waals surface area contributed by atoms with Crippen LogP contribution in [0.4, 0.5) is 16.3 Å². The summed E-state index contributed by atoms with van der Waals surface area (Å²) in [6.45, 7) is 0.943. The fourth-order valence-electron chi connectivity index (χ4n) is 3.69. The van der Waals surface area contributed by atoms with E-state index in [0.717, 1.165) is 38.7 Å². The molecule has 3 heterocycles. The molecule has 1 aliphatic rings. The predicted molar refractivity (Wildman–Crippen MR) is 112 cm³/mol. The number of carbonyl (C=O) groups excluding carboxylic acids is 1. The van der Waals surface area contributed by atoms with Crippen molar-refractivity contribution in [2.45, 2.75) is 0 Å². The molecule has 1 saturated heterocycles. The van der Waals surface area contributed by atoms with Gasteiger partial charge >= 0.3 is 6.09 Å². The highest BCUT2D eigenvalue weighted by molar-refractivity contribution is 6.04. The molecule has 0 saturated carbocycles. The fourth-order valence-corrected chi connectivity index (χ4v) is 3.69. The summed E-state index contributed by atoms with van der Waals surface area (Å²) in [5.74, 6) is 0.464. The van der Waals surface area contributed by atoms with Crippen molar-refractivity contribution in [1.29, 1.82) is 0 Å². The monoisotopic (exact) mass is 385 g/mol. The molecule has 0 spiro atoms. The number of carbonyl (C=O) groups is 1. The summed E-state index contributed by atoms with van der Waals surface area (Å²) >= 11 is 0. The molecule has 5 rings (SSSR count). The second kappa shape index (κ2) is 6.63. The SMILES string of the molecule is Cn1cc(-c2ccc(-c3cnc(N)c4ccc(N5CCOC5=O)cc34)cc2)cn1. The first-order valence-corrected chi connectivity index (χ1v) is 9.32. The fraction of sp³-hybridized carbons (Fsp3) is 0.136. The average molecular weight is 385 g/mol. The smallest absolute Gasteiger partial charge is 0.414 e. The van der Waals surface area contributed by atoms with Gasteiger partial charge in [0, 0.05) is 41.6 Å². The molecule has 29 heavy (non-hydrogen) atoms.